The Hall–Kier alpha value is -0.570. The molecule has 3 nitrogen and oxygen atoms in total. The van der Waals surface area contributed by atoms with E-state index in [1.165, 1.54) is 12.8 Å². The Morgan fingerprint density at radius 1 is 1.20 bits per heavy atom. The Bertz CT molecular complexity index is 232. The van der Waals surface area contributed by atoms with Crippen LogP contribution in [0.3, 0.4) is 0 Å². The summed E-state index contributed by atoms with van der Waals surface area (Å²) in [5.74, 6) is 1.19. The lowest BCUT2D eigenvalue weighted by Gasteiger charge is -2.43. The molecule has 0 aromatic rings. The fourth-order valence-corrected chi connectivity index (χ4v) is 2.54. The number of nitrogens with zero attached hydrogens (tertiary/aromatic N) is 2. The molecule has 2 aliphatic heterocycles. The van der Waals surface area contributed by atoms with Crippen LogP contribution in [0.5, 0.6) is 0 Å². The molecule has 2 aliphatic rings. The number of piperidine rings is 1. The molecule has 2 heterocycles. The summed E-state index contributed by atoms with van der Waals surface area (Å²) in [4.78, 5) is 16.5. The van der Waals surface area contributed by atoms with E-state index in [1.54, 1.807) is 0 Å². The molecular formula is C12H22N2O. The minimum atomic E-state index is 0.211. The first kappa shape index (κ1) is 10.9. The summed E-state index contributed by atoms with van der Waals surface area (Å²) in [6.07, 6.45) is 3.44. The quantitative estimate of drug-likeness (QED) is 0.686. The van der Waals surface area contributed by atoms with Gasteiger partial charge in [-0.25, -0.2) is 0 Å². The van der Waals surface area contributed by atoms with Crippen molar-refractivity contribution in [2.45, 2.75) is 39.2 Å². The average Bonchev–Trinajstić information content (AvgIpc) is 2.17. The van der Waals surface area contributed by atoms with E-state index >= 15 is 0 Å². The summed E-state index contributed by atoms with van der Waals surface area (Å²) in [5, 5.41) is 0. The van der Waals surface area contributed by atoms with Crippen LogP contribution >= 0.6 is 0 Å². The standard InChI is InChI=1S/C12H22N2O/c1-3-13-9-6-11(13)12(15)14-7-4-10(2)5-8-14/h10-11H,3-9H2,1-2H3. The zero-order valence-electron chi connectivity index (χ0n) is 9.91. The van der Waals surface area contributed by atoms with Crippen LogP contribution in [0.2, 0.25) is 0 Å². The van der Waals surface area contributed by atoms with Crippen molar-refractivity contribution in [3.05, 3.63) is 0 Å². The number of likely N-dealkylation sites (N-methyl/N-ethyl adjacent to an activating group) is 1. The summed E-state index contributed by atoms with van der Waals surface area (Å²) in [6.45, 7) is 8.50. The molecule has 1 atom stereocenters. The molecule has 1 amide bonds. The maximum absolute atomic E-state index is 12.1. The Morgan fingerprint density at radius 2 is 1.87 bits per heavy atom. The van der Waals surface area contributed by atoms with Gasteiger partial charge >= 0.3 is 0 Å². The Balaban J connectivity index is 1.85. The van der Waals surface area contributed by atoms with Crippen LogP contribution in [0.4, 0.5) is 0 Å². The molecule has 2 saturated heterocycles. The number of carbonyl (C=O) groups excluding carboxylic acids is 1. The molecule has 3 heteroatoms. The van der Waals surface area contributed by atoms with Crippen molar-refractivity contribution >= 4 is 5.91 Å². The van der Waals surface area contributed by atoms with Crippen LogP contribution in [0.15, 0.2) is 0 Å². The number of hydrogen-bond donors (Lipinski definition) is 0. The number of hydrogen-bond acceptors (Lipinski definition) is 2. The highest BCUT2D eigenvalue weighted by Gasteiger charge is 2.36. The maximum atomic E-state index is 12.1. The van der Waals surface area contributed by atoms with Gasteiger partial charge in [-0.1, -0.05) is 13.8 Å². The van der Waals surface area contributed by atoms with Crippen LogP contribution in [0.1, 0.15) is 33.1 Å². The van der Waals surface area contributed by atoms with Crippen LogP contribution in [-0.4, -0.2) is 47.9 Å². The molecule has 0 aromatic heterocycles. The van der Waals surface area contributed by atoms with Gasteiger partial charge in [0, 0.05) is 19.6 Å². The van der Waals surface area contributed by atoms with Crippen molar-refractivity contribution in [3.8, 4) is 0 Å². The highest BCUT2D eigenvalue weighted by atomic mass is 16.2. The molecule has 0 radical (unpaired) electrons. The molecule has 2 fully saturated rings. The predicted molar refractivity (Wildman–Crippen MR) is 60.6 cm³/mol. The van der Waals surface area contributed by atoms with Crippen LogP contribution in [0.25, 0.3) is 0 Å². The van der Waals surface area contributed by atoms with Gasteiger partial charge in [0.2, 0.25) is 5.91 Å². The van der Waals surface area contributed by atoms with E-state index in [1.807, 2.05) is 0 Å². The first-order valence-electron chi connectivity index (χ1n) is 6.25. The lowest BCUT2D eigenvalue weighted by Crippen LogP contribution is -2.57. The van der Waals surface area contributed by atoms with Crippen LogP contribution < -0.4 is 0 Å². The van der Waals surface area contributed by atoms with Gasteiger partial charge < -0.3 is 4.90 Å². The molecule has 0 bridgehead atoms. The van der Waals surface area contributed by atoms with Crippen molar-refractivity contribution in [3.63, 3.8) is 0 Å². The summed E-state index contributed by atoms with van der Waals surface area (Å²) in [5.41, 5.74) is 0. The van der Waals surface area contributed by atoms with Crippen LogP contribution in [-0.2, 0) is 4.79 Å². The molecule has 0 spiro atoms. The lowest BCUT2D eigenvalue weighted by molar-refractivity contribution is -0.142. The zero-order valence-corrected chi connectivity index (χ0v) is 9.91. The number of likely N-dealkylation sites (tertiary alicyclic amines) is 2. The first-order chi connectivity index (χ1) is 7.22. The first-order valence-corrected chi connectivity index (χ1v) is 6.25. The molecule has 1 unspecified atom stereocenters. The zero-order chi connectivity index (χ0) is 10.8. The summed E-state index contributed by atoms with van der Waals surface area (Å²) >= 11 is 0. The van der Waals surface area contributed by atoms with Gasteiger partial charge in [-0.3, -0.25) is 9.69 Å². The minimum absolute atomic E-state index is 0.211. The van der Waals surface area contributed by atoms with E-state index in [-0.39, 0.29) is 6.04 Å². The molecule has 15 heavy (non-hydrogen) atoms. The maximum Gasteiger partial charge on any atom is 0.239 e. The number of rotatable bonds is 2. The number of carbonyl (C=O) groups is 1. The van der Waals surface area contributed by atoms with Gasteiger partial charge in [-0.05, 0) is 31.7 Å². The molecule has 0 saturated carbocycles. The predicted octanol–water partition coefficient (Wildman–Crippen LogP) is 1.34. The molecule has 0 N–H and O–H groups in total. The summed E-state index contributed by atoms with van der Waals surface area (Å²) < 4.78 is 0. The van der Waals surface area contributed by atoms with Gasteiger partial charge in [-0.15, -0.1) is 0 Å². The normalized spacial score (nSPS) is 28.9. The van der Waals surface area contributed by atoms with Gasteiger partial charge in [0.05, 0.1) is 6.04 Å². The Morgan fingerprint density at radius 3 is 2.33 bits per heavy atom. The minimum Gasteiger partial charge on any atom is -0.341 e. The average molecular weight is 210 g/mol. The molecule has 2 rings (SSSR count). The van der Waals surface area contributed by atoms with E-state index < -0.39 is 0 Å². The van der Waals surface area contributed by atoms with E-state index in [9.17, 15) is 4.79 Å². The Labute approximate surface area is 92.4 Å². The van der Waals surface area contributed by atoms with E-state index in [4.69, 9.17) is 0 Å². The molecule has 86 valence electrons. The molecule has 0 aliphatic carbocycles. The topological polar surface area (TPSA) is 23.6 Å². The second-order valence-electron chi connectivity index (χ2n) is 4.94. The van der Waals surface area contributed by atoms with Gasteiger partial charge in [-0.2, -0.15) is 0 Å². The fraction of sp³-hybridized carbons (Fsp3) is 0.917. The van der Waals surface area contributed by atoms with E-state index in [2.05, 4.69) is 23.6 Å². The third-order valence-electron chi connectivity index (χ3n) is 3.92. The summed E-state index contributed by atoms with van der Waals surface area (Å²) in [6, 6.07) is 0.211. The second kappa shape index (κ2) is 4.52. The summed E-state index contributed by atoms with van der Waals surface area (Å²) in [7, 11) is 0. The lowest BCUT2D eigenvalue weighted by atomic mass is 9.96. The smallest absolute Gasteiger partial charge is 0.239 e. The third-order valence-corrected chi connectivity index (χ3v) is 3.92. The van der Waals surface area contributed by atoms with Gasteiger partial charge in [0.1, 0.15) is 0 Å². The van der Waals surface area contributed by atoms with Crippen LogP contribution in [0, 0.1) is 5.92 Å². The van der Waals surface area contributed by atoms with Crippen molar-refractivity contribution < 1.29 is 4.79 Å². The van der Waals surface area contributed by atoms with Crippen molar-refractivity contribution in [1.29, 1.82) is 0 Å². The number of amides is 1. The fourth-order valence-electron chi connectivity index (χ4n) is 2.54. The third kappa shape index (κ3) is 2.17. The molecule has 0 aromatic carbocycles. The van der Waals surface area contributed by atoms with Crippen molar-refractivity contribution in [1.82, 2.24) is 9.80 Å². The van der Waals surface area contributed by atoms with Gasteiger partial charge in [0.25, 0.3) is 0 Å². The van der Waals surface area contributed by atoms with Crippen molar-refractivity contribution in [2.75, 3.05) is 26.2 Å². The highest BCUT2D eigenvalue weighted by Crippen LogP contribution is 2.22. The van der Waals surface area contributed by atoms with Gasteiger partial charge in [0.15, 0.2) is 0 Å². The highest BCUT2D eigenvalue weighted by molar-refractivity contribution is 5.82. The van der Waals surface area contributed by atoms with E-state index in [0.29, 0.717) is 5.91 Å². The monoisotopic (exact) mass is 210 g/mol. The SMILES string of the molecule is CCN1CCC1C(=O)N1CCC(C)CC1. The van der Waals surface area contributed by atoms with Crippen molar-refractivity contribution in [2.24, 2.45) is 5.92 Å². The van der Waals surface area contributed by atoms with E-state index in [0.717, 1.165) is 38.5 Å². The largest absolute Gasteiger partial charge is 0.341 e. The Kier molecular flexibility index (Phi) is 3.29. The molecular weight excluding hydrogens is 188 g/mol. The second-order valence-corrected chi connectivity index (χ2v) is 4.94.